The molecule has 0 bridgehead atoms. The predicted octanol–water partition coefficient (Wildman–Crippen LogP) is -0.204. The van der Waals surface area contributed by atoms with Crippen LogP contribution in [0.5, 0.6) is 0 Å². The SMILES string of the molecule is Cc1cc(C(=O)N2CCNCC2C(N)=O)c(C)o1. The number of nitrogens with one attached hydrogen (secondary N) is 1. The van der Waals surface area contributed by atoms with E-state index in [4.69, 9.17) is 10.2 Å². The zero-order chi connectivity index (χ0) is 13.3. The predicted molar refractivity (Wildman–Crippen MR) is 65.1 cm³/mol. The number of carbonyl (C=O) groups is 2. The molecule has 1 fully saturated rings. The molecule has 0 aliphatic carbocycles. The average molecular weight is 251 g/mol. The van der Waals surface area contributed by atoms with E-state index in [1.165, 1.54) is 4.90 Å². The van der Waals surface area contributed by atoms with Crippen LogP contribution in [0.15, 0.2) is 10.5 Å². The topological polar surface area (TPSA) is 88.6 Å². The van der Waals surface area contributed by atoms with Crippen molar-refractivity contribution in [2.75, 3.05) is 19.6 Å². The molecule has 1 atom stereocenters. The number of furan rings is 1. The third-order valence-electron chi connectivity index (χ3n) is 3.10. The van der Waals surface area contributed by atoms with Crippen LogP contribution in [0, 0.1) is 13.8 Å². The van der Waals surface area contributed by atoms with Crippen molar-refractivity contribution < 1.29 is 14.0 Å². The molecule has 2 rings (SSSR count). The molecule has 0 radical (unpaired) electrons. The van der Waals surface area contributed by atoms with Gasteiger partial charge >= 0.3 is 0 Å². The number of rotatable bonds is 2. The van der Waals surface area contributed by atoms with Crippen LogP contribution < -0.4 is 11.1 Å². The van der Waals surface area contributed by atoms with Gasteiger partial charge in [-0.2, -0.15) is 0 Å². The van der Waals surface area contributed by atoms with E-state index < -0.39 is 11.9 Å². The van der Waals surface area contributed by atoms with Crippen molar-refractivity contribution in [2.45, 2.75) is 19.9 Å². The molecular formula is C12H17N3O3. The highest BCUT2D eigenvalue weighted by molar-refractivity contribution is 5.98. The number of carbonyl (C=O) groups excluding carboxylic acids is 2. The molecule has 0 saturated carbocycles. The number of nitrogens with two attached hydrogens (primary N) is 1. The van der Waals surface area contributed by atoms with Crippen molar-refractivity contribution in [3.05, 3.63) is 23.2 Å². The van der Waals surface area contributed by atoms with Crippen LogP contribution in [0.4, 0.5) is 0 Å². The summed E-state index contributed by atoms with van der Waals surface area (Å²) in [6.45, 7) is 5.05. The van der Waals surface area contributed by atoms with E-state index in [0.717, 1.165) is 0 Å². The van der Waals surface area contributed by atoms with Crippen LogP contribution in [0.1, 0.15) is 21.9 Å². The summed E-state index contributed by atoms with van der Waals surface area (Å²) in [6, 6.07) is 1.10. The maximum absolute atomic E-state index is 12.4. The van der Waals surface area contributed by atoms with Crippen LogP contribution in [0.25, 0.3) is 0 Å². The zero-order valence-electron chi connectivity index (χ0n) is 10.5. The lowest BCUT2D eigenvalue weighted by Gasteiger charge is -2.34. The first kappa shape index (κ1) is 12.6. The molecule has 1 aromatic heterocycles. The standard InChI is InChI=1S/C12H17N3O3/c1-7-5-9(8(2)18-7)12(17)15-4-3-14-6-10(15)11(13)16/h5,10,14H,3-4,6H2,1-2H3,(H2,13,16). The fourth-order valence-corrected chi connectivity index (χ4v) is 2.20. The van der Waals surface area contributed by atoms with Crippen molar-refractivity contribution in [1.82, 2.24) is 10.2 Å². The van der Waals surface area contributed by atoms with Crippen molar-refractivity contribution in [1.29, 1.82) is 0 Å². The lowest BCUT2D eigenvalue weighted by Crippen LogP contribution is -2.58. The smallest absolute Gasteiger partial charge is 0.258 e. The van der Waals surface area contributed by atoms with Gasteiger partial charge in [0.05, 0.1) is 5.56 Å². The number of primary amides is 1. The normalized spacial score (nSPS) is 19.9. The van der Waals surface area contributed by atoms with Crippen LogP contribution in [-0.2, 0) is 4.79 Å². The fraction of sp³-hybridized carbons (Fsp3) is 0.500. The Kier molecular flexibility index (Phi) is 3.38. The summed E-state index contributed by atoms with van der Waals surface area (Å²) in [5.41, 5.74) is 5.82. The second-order valence-corrected chi connectivity index (χ2v) is 4.45. The largest absolute Gasteiger partial charge is 0.466 e. The van der Waals surface area contributed by atoms with Gasteiger partial charge in [0.15, 0.2) is 0 Å². The number of amides is 2. The van der Waals surface area contributed by atoms with E-state index in [0.29, 0.717) is 36.7 Å². The second-order valence-electron chi connectivity index (χ2n) is 4.45. The summed E-state index contributed by atoms with van der Waals surface area (Å²) in [5, 5.41) is 3.05. The van der Waals surface area contributed by atoms with Gasteiger partial charge in [-0.25, -0.2) is 0 Å². The van der Waals surface area contributed by atoms with E-state index >= 15 is 0 Å². The number of hydrogen-bond donors (Lipinski definition) is 2. The van der Waals surface area contributed by atoms with Crippen LogP contribution in [0.2, 0.25) is 0 Å². The number of piperazine rings is 1. The third kappa shape index (κ3) is 2.24. The molecule has 1 saturated heterocycles. The Morgan fingerprint density at radius 3 is 2.78 bits per heavy atom. The van der Waals surface area contributed by atoms with E-state index in [2.05, 4.69) is 5.32 Å². The zero-order valence-corrected chi connectivity index (χ0v) is 10.5. The van der Waals surface area contributed by atoms with Crippen molar-refractivity contribution >= 4 is 11.8 Å². The van der Waals surface area contributed by atoms with E-state index in [1.807, 2.05) is 0 Å². The molecule has 6 heteroatoms. The molecule has 2 heterocycles. The Bertz CT molecular complexity index is 481. The van der Waals surface area contributed by atoms with E-state index in [-0.39, 0.29) is 5.91 Å². The highest BCUT2D eigenvalue weighted by Gasteiger charge is 2.32. The highest BCUT2D eigenvalue weighted by Crippen LogP contribution is 2.18. The Balaban J connectivity index is 2.26. The Morgan fingerprint density at radius 1 is 1.50 bits per heavy atom. The maximum Gasteiger partial charge on any atom is 0.258 e. The second kappa shape index (κ2) is 4.81. The first-order valence-corrected chi connectivity index (χ1v) is 5.88. The van der Waals surface area contributed by atoms with Gasteiger partial charge in [0, 0.05) is 19.6 Å². The first-order chi connectivity index (χ1) is 8.50. The lowest BCUT2D eigenvalue weighted by atomic mass is 10.1. The van der Waals surface area contributed by atoms with Gasteiger partial charge in [-0.1, -0.05) is 0 Å². The molecule has 1 aromatic rings. The molecular weight excluding hydrogens is 234 g/mol. The molecule has 18 heavy (non-hydrogen) atoms. The highest BCUT2D eigenvalue weighted by atomic mass is 16.3. The number of hydrogen-bond acceptors (Lipinski definition) is 4. The molecule has 6 nitrogen and oxygen atoms in total. The van der Waals surface area contributed by atoms with Gasteiger partial charge in [-0.15, -0.1) is 0 Å². The monoisotopic (exact) mass is 251 g/mol. The summed E-state index contributed by atoms with van der Waals surface area (Å²) in [5.74, 6) is 0.559. The molecule has 3 N–H and O–H groups in total. The number of nitrogens with zero attached hydrogens (tertiary/aromatic N) is 1. The minimum Gasteiger partial charge on any atom is -0.466 e. The van der Waals surface area contributed by atoms with Gasteiger partial charge in [-0.05, 0) is 19.9 Å². The molecule has 1 aliphatic rings. The molecule has 0 spiro atoms. The van der Waals surface area contributed by atoms with Crippen LogP contribution in [-0.4, -0.2) is 42.4 Å². The molecule has 0 aromatic carbocycles. The maximum atomic E-state index is 12.4. The summed E-state index contributed by atoms with van der Waals surface area (Å²) in [4.78, 5) is 25.2. The number of aryl methyl sites for hydroxylation is 2. The lowest BCUT2D eigenvalue weighted by molar-refractivity contribution is -0.122. The van der Waals surface area contributed by atoms with E-state index in [9.17, 15) is 9.59 Å². The molecule has 1 unspecified atom stereocenters. The van der Waals surface area contributed by atoms with Crippen LogP contribution >= 0.6 is 0 Å². The molecule has 1 aliphatic heterocycles. The van der Waals surface area contributed by atoms with Crippen molar-refractivity contribution in [3.8, 4) is 0 Å². The van der Waals surface area contributed by atoms with Gasteiger partial charge in [-0.3, -0.25) is 9.59 Å². The third-order valence-corrected chi connectivity index (χ3v) is 3.10. The van der Waals surface area contributed by atoms with Crippen molar-refractivity contribution in [3.63, 3.8) is 0 Å². The van der Waals surface area contributed by atoms with Crippen molar-refractivity contribution in [2.24, 2.45) is 5.73 Å². The fourth-order valence-electron chi connectivity index (χ4n) is 2.20. The van der Waals surface area contributed by atoms with Gasteiger partial charge in [0.2, 0.25) is 5.91 Å². The minimum atomic E-state index is -0.596. The van der Waals surface area contributed by atoms with Crippen LogP contribution in [0.3, 0.4) is 0 Å². The summed E-state index contributed by atoms with van der Waals surface area (Å²) >= 11 is 0. The Hall–Kier alpha value is -1.82. The van der Waals surface area contributed by atoms with Gasteiger partial charge in [0.1, 0.15) is 17.6 Å². The average Bonchev–Trinajstić information content (AvgIpc) is 2.67. The first-order valence-electron chi connectivity index (χ1n) is 5.88. The van der Waals surface area contributed by atoms with E-state index in [1.54, 1.807) is 19.9 Å². The summed E-state index contributed by atoms with van der Waals surface area (Å²) in [6.07, 6.45) is 0. The molecule has 98 valence electrons. The summed E-state index contributed by atoms with van der Waals surface area (Å²) < 4.78 is 5.34. The quantitative estimate of drug-likeness (QED) is 0.761. The summed E-state index contributed by atoms with van der Waals surface area (Å²) in [7, 11) is 0. The minimum absolute atomic E-state index is 0.199. The van der Waals surface area contributed by atoms with Gasteiger partial charge in [0.25, 0.3) is 5.91 Å². The Labute approximate surface area is 105 Å². The molecule has 2 amide bonds. The van der Waals surface area contributed by atoms with Gasteiger partial charge < -0.3 is 20.4 Å². The Morgan fingerprint density at radius 2 is 2.22 bits per heavy atom.